The molecule has 2 N–H and O–H groups in total. The number of ether oxygens (including phenoxy) is 2. The zero-order chi connectivity index (χ0) is 9.10. The molecule has 0 radical (unpaired) electrons. The molecule has 2 fully saturated rings. The van der Waals surface area contributed by atoms with Crippen LogP contribution in [-0.2, 0) is 9.47 Å². The molecule has 0 spiro atoms. The first-order valence-electron chi connectivity index (χ1n) is 4.99. The predicted octanol–water partition coefficient (Wildman–Crippen LogP) is -0.708. The quantitative estimate of drug-likeness (QED) is 0.632. The molecule has 0 bridgehead atoms. The van der Waals surface area contributed by atoms with Crippen LogP contribution in [0.3, 0.4) is 0 Å². The van der Waals surface area contributed by atoms with Gasteiger partial charge in [0.25, 0.3) is 0 Å². The zero-order valence-electron chi connectivity index (χ0n) is 7.95. The first kappa shape index (κ1) is 9.40. The van der Waals surface area contributed by atoms with Gasteiger partial charge in [-0.25, -0.2) is 0 Å². The fourth-order valence-electron chi connectivity index (χ4n) is 1.87. The van der Waals surface area contributed by atoms with Gasteiger partial charge in [0.1, 0.15) is 0 Å². The normalized spacial score (nSPS) is 31.6. The van der Waals surface area contributed by atoms with Gasteiger partial charge in [0.15, 0.2) is 0 Å². The molecule has 0 aromatic heterocycles. The average Bonchev–Trinajstić information content (AvgIpc) is 2.12. The summed E-state index contributed by atoms with van der Waals surface area (Å²) in [5.41, 5.74) is 5.68. The molecule has 0 aromatic carbocycles. The van der Waals surface area contributed by atoms with Crippen molar-refractivity contribution in [1.82, 2.24) is 4.90 Å². The first-order valence-corrected chi connectivity index (χ1v) is 4.99. The van der Waals surface area contributed by atoms with E-state index in [1.807, 2.05) is 0 Å². The summed E-state index contributed by atoms with van der Waals surface area (Å²) in [7, 11) is 0. The Morgan fingerprint density at radius 1 is 1.23 bits per heavy atom. The lowest BCUT2D eigenvalue weighted by Gasteiger charge is -2.39. The van der Waals surface area contributed by atoms with E-state index < -0.39 is 0 Å². The summed E-state index contributed by atoms with van der Waals surface area (Å²) in [6.45, 7) is 6.36. The Morgan fingerprint density at radius 2 is 2.08 bits per heavy atom. The maximum atomic E-state index is 5.68. The Kier molecular flexibility index (Phi) is 3.16. The van der Waals surface area contributed by atoms with Gasteiger partial charge in [0.05, 0.1) is 26.4 Å². The SMILES string of the molecule is NCC1COCCN1CC1COC1. The van der Waals surface area contributed by atoms with Crippen molar-refractivity contribution in [3.05, 3.63) is 0 Å². The number of morpholine rings is 1. The standard InChI is InChI=1S/C9H18N2O2/c10-3-9-7-12-2-1-11(9)4-8-5-13-6-8/h8-9H,1-7,10H2. The van der Waals surface area contributed by atoms with Crippen molar-refractivity contribution in [2.75, 3.05) is 46.1 Å². The number of hydrogen-bond acceptors (Lipinski definition) is 4. The third kappa shape index (κ3) is 2.20. The minimum atomic E-state index is 0.425. The third-order valence-electron chi connectivity index (χ3n) is 2.82. The highest BCUT2D eigenvalue weighted by Gasteiger charge is 2.27. The second kappa shape index (κ2) is 4.37. The first-order chi connectivity index (χ1) is 6.40. The van der Waals surface area contributed by atoms with Crippen LogP contribution in [0.5, 0.6) is 0 Å². The fourth-order valence-corrected chi connectivity index (χ4v) is 1.87. The highest BCUT2D eigenvalue weighted by molar-refractivity contribution is 4.80. The maximum Gasteiger partial charge on any atom is 0.0634 e. The molecule has 2 saturated heterocycles. The van der Waals surface area contributed by atoms with Crippen molar-refractivity contribution < 1.29 is 9.47 Å². The molecule has 0 saturated carbocycles. The molecule has 4 heteroatoms. The average molecular weight is 186 g/mol. The van der Waals surface area contributed by atoms with Gasteiger partial charge in [0, 0.05) is 31.6 Å². The van der Waals surface area contributed by atoms with Gasteiger partial charge >= 0.3 is 0 Å². The van der Waals surface area contributed by atoms with Crippen molar-refractivity contribution in [3.63, 3.8) is 0 Å². The van der Waals surface area contributed by atoms with Gasteiger partial charge in [-0.1, -0.05) is 0 Å². The van der Waals surface area contributed by atoms with Crippen LogP contribution in [0.1, 0.15) is 0 Å². The van der Waals surface area contributed by atoms with E-state index in [4.69, 9.17) is 15.2 Å². The van der Waals surface area contributed by atoms with Crippen molar-refractivity contribution in [2.45, 2.75) is 6.04 Å². The summed E-state index contributed by atoms with van der Waals surface area (Å²) < 4.78 is 10.5. The van der Waals surface area contributed by atoms with Crippen LogP contribution in [0.15, 0.2) is 0 Å². The van der Waals surface area contributed by atoms with Crippen LogP contribution in [0.25, 0.3) is 0 Å². The van der Waals surface area contributed by atoms with E-state index >= 15 is 0 Å². The van der Waals surface area contributed by atoms with E-state index in [0.717, 1.165) is 45.4 Å². The lowest BCUT2D eigenvalue weighted by Crippen LogP contribution is -2.53. The topological polar surface area (TPSA) is 47.7 Å². The summed E-state index contributed by atoms with van der Waals surface area (Å²) in [5.74, 6) is 0.729. The van der Waals surface area contributed by atoms with Crippen molar-refractivity contribution >= 4 is 0 Å². The van der Waals surface area contributed by atoms with Crippen LogP contribution in [0.2, 0.25) is 0 Å². The minimum Gasteiger partial charge on any atom is -0.381 e. The molecule has 13 heavy (non-hydrogen) atoms. The van der Waals surface area contributed by atoms with Gasteiger partial charge in [-0.2, -0.15) is 0 Å². The Balaban J connectivity index is 1.79. The van der Waals surface area contributed by atoms with Crippen molar-refractivity contribution in [3.8, 4) is 0 Å². The Bertz CT molecular complexity index is 162. The van der Waals surface area contributed by atoms with Crippen LogP contribution < -0.4 is 5.73 Å². The largest absolute Gasteiger partial charge is 0.381 e. The smallest absolute Gasteiger partial charge is 0.0634 e. The highest BCUT2D eigenvalue weighted by Crippen LogP contribution is 2.15. The van der Waals surface area contributed by atoms with E-state index in [2.05, 4.69) is 4.90 Å². The van der Waals surface area contributed by atoms with Crippen LogP contribution in [0, 0.1) is 5.92 Å². The molecular formula is C9H18N2O2. The second-order valence-corrected chi connectivity index (χ2v) is 3.86. The van der Waals surface area contributed by atoms with Crippen LogP contribution in [-0.4, -0.2) is 57.0 Å². The van der Waals surface area contributed by atoms with E-state index in [9.17, 15) is 0 Å². The lowest BCUT2D eigenvalue weighted by atomic mass is 10.1. The van der Waals surface area contributed by atoms with E-state index in [1.54, 1.807) is 0 Å². The van der Waals surface area contributed by atoms with Gasteiger partial charge in [-0.3, -0.25) is 4.90 Å². The number of hydrogen-bond donors (Lipinski definition) is 1. The lowest BCUT2D eigenvalue weighted by molar-refractivity contribution is -0.0733. The van der Waals surface area contributed by atoms with Gasteiger partial charge < -0.3 is 15.2 Å². The van der Waals surface area contributed by atoms with Crippen molar-refractivity contribution in [2.24, 2.45) is 11.7 Å². The summed E-state index contributed by atoms with van der Waals surface area (Å²) in [6, 6.07) is 0.425. The Morgan fingerprint density at radius 3 is 2.69 bits per heavy atom. The van der Waals surface area contributed by atoms with Crippen LogP contribution >= 0.6 is 0 Å². The maximum absolute atomic E-state index is 5.68. The molecule has 2 heterocycles. The zero-order valence-corrected chi connectivity index (χ0v) is 7.95. The Hall–Kier alpha value is -0.160. The highest BCUT2D eigenvalue weighted by atomic mass is 16.5. The monoisotopic (exact) mass is 186 g/mol. The molecule has 0 amide bonds. The Labute approximate surface area is 79.0 Å². The summed E-state index contributed by atoms with van der Waals surface area (Å²) >= 11 is 0. The molecule has 76 valence electrons. The summed E-state index contributed by atoms with van der Waals surface area (Å²) in [4.78, 5) is 2.44. The number of rotatable bonds is 3. The minimum absolute atomic E-state index is 0.425. The molecule has 0 aromatic rings. The van der Waals surface area contributed by atoms with Gasteiger partial charge in [0.2, 0.25) is 0 Å². The molecule has 4 nitrogen and oxygen atoms in total. The number of nitrogens with two attached hydrogens (primary N) is 1. The number of nitrogens with zero attached hydrogens (tertiary/aromatic N) is 1. The summed E-state index contributed by atoms with van der Waals surface area (Å²) in [6.07, 6.45) is 0. The summed E-state index contributed by atoms with van der Waals surface area (Å²) in [5, 5.41) is 0. The molecule has 2 aliphatic heterocycles. The molecule has 1 unspecified atom stereocenters. The molecule has 1 atom stereocenters. The third-order valence-corrected chi connectivity index (χ3v) is 2.82. The van der Waals surface area contributed by atoms with Crippen LogP contribution in [0.4, 0.5) is 0 Å². The van der Waals surface area contributed by atoms with Gasteiger partial charge in [-0.15, -0.1) is 0 Å². The molecule has 0 aliphatic carbocycles. The van der Waals surface area contributed by atoms with E-state index in [-0.39, 0.29) is 0 Å². The van der Waals surface area contributed by atoms with Crippen molar-refractivity contribution in [1.29, 1.82) is 0 Å². The van der Waals surface area contributed by atoms with E-state index in [1.165, 1.54) is 0 Å². The molecule has 2 aliphatic rings. The van der Waals surface area contributed by atoms with E-state index in [0.29, 0.717) is 12.6 Å². The predicted molar refractivity (Wildman–Crippen MR) is 49.5 cm³/mol. The second-order valence-electron chi connectivity index (χ2n) is 3.86. The van der Waals surface area contributed by atoms with Gasteiger partial charge in [-0.05, 0) is 0 Å². The fraction of sp³-hybridized carbons (Fsp3) is 1.00. The molecular weight excluding hydrogens is 168 g/mol. The molecule has 2 rings (SSSR count).